The van der Waals surface area contributed by atoms with Gasteiger partial charge in [0.15, 0.2) is 0 Å². The van der Waals surface area contributed by atoms with Crippen LogP contribution in [0.4, 0.5) is 0 Å². The number of hydrogen-bond acceptors (Lipinski definition) is 4. The molecular formula is C12H21N3S. The van der Waals surface area contributed by atoms with Gasteiger partial charge in [0, 0.05) is 17.8 Å². The molecule has 0 spiro atoms. The highest BCUT2D eigenvalue weighted by Gasteiger charge is 2.27. The molecule has 3 nitrogen and oxygen atoms in total. The van der Waals surface area contributed by atoms with Crippen molar-refractivity contribution in [2.75, 3.05) is 27.2 Å². The normalized spacial score (nSPS) is 22.9. The number of thiazole rings is 1. The number of rotatable bonds is 3. The van der Waals surface area contributed by atoms with Crippen molar-refractivity contribution in [3.63, 3.8) is 0 Å². The Labute approximate surface area is 102 Å². The number of nitrogens with zero attached hydrogens (tertiary/aromatic N) is 2. The van der Waals surface area contributed by atoms with Gasteiger partial charge in [-0.1, -0.05) is 0 Å². The van der Waals surface area contributed by atoms with Gasteiger partial charge in [-0.3, -0.25) is 0 Å². The van der Waals surface area contributed by atoms with Crippen LogP contribution >= 0.6 is 11.3 Å². The van der Waals surface area contributed by atoms with E-state index in [-0.39, 0.29) is 5.54 Å². The molecule has 1 saturated heterocycles. The number of likely N-dealkylation sites (tertiary alicyclic amines) is 1. The third kappa shape index (κ3) is 2.29. The van der Waals surface area contributed by atoms with Crippen LogP contribution in [0.5, 0.6) is 0 Å². The van der Waals surface area contributed by atoms with Crippen LogP contribution in [0.25, 0.3) is 0 Å². The summed E-state index contributed by atoms with van der Waals surface area (Å²) >= 11 is 1.78. The summed E-state index contributed by atoms with van der Waals surface area (Å²) in [4.78, 5) is 7.18. The van der Waals surface area contributed by atoms with Gasteiger partial charge in [0.2, 0.25) is 0 Å². The zero-order valence-corrected chi connectivity index (χ0v) is 11.4. The molecule has 16 heavy (non-hydrogen) atoms. The summed E-state index contributed by atoms with van der Waals surface area (Å²) in [6.07, 6.45) is 1.25. The average Bonchev–Trinajstić information content (AvgIpc) is 2.85. The fourth-order valence-corrected chi connectivity index (χ4v) is 3.08. The van der Waals surface area contributed by atoms with Gasteiger partial charge in [-0.05, 0) is 40.9 Å². The third-order valence-corrected chi connectivity index (χ3v) is 4.68. The third-order valence-electron chi connectivity index (χ3n) is 3.49. The van der Waals surface area contributed by atoms with Crippen molar-refractivity contribution >= 4 is 11.3 Å². The zero-order chi connectivity index (χ0) is 11.8. The Hall–Kier alpha value is -0.450. The topological polar surface area (TPSA) is 28.2 Å². The van der Waals surface area contributed by atoms with E-state index in [1.807, 2.05) is 7.05 Å². The Kier molecular flexibility index (Phi) is 3.33. The van der Waals surface area contributed by atoms with Gasteiger partial charge in [-0.2, -0.15) is 0 Å². The molecule has 1 N–H and O–H groups in total. The smallest absolute Gasteiger partial charge is 0.112 e. The van der Waals surface area contributed by atoms with E-state index >= 15 is 0 Å². The molecule has 0 radical (unpaired) electrons. The van der Waals surface area contributed by atoms with Gasteiger partial charge in [0.05, 0.1) is 11.2 Å². The fraction of sp³-hybridized carbons (Fsp3) is 0.750. The van der Waals surface area contributed by atoms with E-state index in [1.165, 1.54) is 23.7 Å². The van der Waals surface area contributed by atoms with E-state index in [0.717, 1.165) is 6.54 Å². The molecule has 1 unspecified atom stereocenters. The summed E-state index contributed by atoms with van der Waals surface area (Å²) in [5.74, 6) is 0.641. The summed E-state index contributed by atoms with van der Waals surface area (Å²) in [5.41, 5.74) is 1.28. The predicted molar refractivity (Wildman–Crippen MR) is 69.1 cm³/mol. The highest BCUT2D eigenvalue weighted by Crippen LogP contribution is 2.30. The van der Waals surface area contributed by atoms with Crippen LogP contribution in [-0.2, 0) is 5.54 Å². The van der Waals surface area contributed by atoms with Crippen LogP contribution in [-0.4, -0.2) is 37.1 Å². The van der Waals surface area contributed by atoms with Crippen LogP contribution in [0.15, 0.2) is 5.38 Å². The number of nitrogens with one attached hydrogen (secondary N) is 1. The highest BCUT2D eigenvalue weighted by atomic mass is 32.1. The molecule has 90 valence electrons. The molecule has 0 bridgehead atoms. The molecule has 1 aliphatic heterocycles. The first kappa shape index (κ1) is 12.0. The lowest BCUT2D eigenvalue weighted by Crippen LogP contribution is -2.33. The number of hydrogen-bond donors (Lipinski definition) is 1. The first-order valence-electron chi connectivity index (χ1n) is 5.86. The summed E-state index contributed by atoms with van der Waals surface area (Å²) in [6, 6.07) is 0. The van der Waals surface area contributed by atoms with Crippen molar-refractivity contribution in [3.8, 4) is 0 Å². The molecule has 2 heterocycles. The number of likely N-dealkylation sites (N-methyl/N-ethyl adjacent to an activating group) is 1. The minimum absolute atomic E-state index is 0.00653. The van der Waals surface area contributed by atoms with Crippen LogP contribution in [0.2, 0.25) is 0 Å². The monoisotopic (exact) mass is 239 g/mol. The second-order valence-electron chi connectivity index (χ2n) is 5.20. The molecule has 4 heteroatoms. The van der Waals surface area contributed by atoms with Crippen molar-refractivity contribution in [2.24, 2.45) is 0 Å². The maximum absolute atomic E-state index is 4.80. The molecule has 0 amide bonds. The van der Waals surface area contributed by atoms with Crippen molar-refractivity contribution in [1.29, 1.82) is 0 Å². The van der Waals surface area contributed by atoms with E-state index in [0.29, 0.717) is 5.92 Å². The maximum Gasteiger partial charge on any atom is 0.112 e. The van der Waals surface area contributed by atoms with Gasteiger partial charge in [0.25, 0.3) is 0 Å². The van der Waals surface area contributed by atoms with Crippen LogP contribution in [0.3, 0.4) is 0 Å². The van der Waals surface area contributed by atoms with Crippen LogP contribution in [0.1, 0.15) is 36.9 Å². The van der Waals surface area contributed by atoms with E-state index < -0.39 is 0 Å². The summed E-state index contributed by atoms with van der Waals surface area (Å²) in [7, 11) is 4.18. The minimum atomic E-state index is -0.00653. The van der Waals surface area contributed by atoms with Gasteiger partial charge in [-0.15, -0.1) is 11.3 Å². The van der Waals surface area contributed by atoms with E-state index in [2.05, 4.69) is 36.5 Å². The molecule has 1 fully saturated rings. The SMILES string of the molecule is CNC(C)(C)c1nc(C2CCN(C)C2)cs1. The Morgan fingerprint density at radius 3 is 2.88 bits per heavy atom. The zero-order valence-electron chi connectivity index (χ0n) is 10.6. The molecule has 0 aliphatic carbocycles. The predicted octanol–water partition coefficient (Wildman–Crippen LogP) is 2.02. The molecule has 0 saturated carbocycles. The molecule has 1 aromatic heterocycles. The lowest BCUT2D eigenvalue weighted by Gasteiger charge is -2.20. The molecule has 1 atom stereocenters. The lowest BCUT2D eigenvalue weighted by molar-refractivity contribution is 0.410. The molecule has 1 aliphatic rings. The maximum atomic E-state index is 4.80. The quantitative estimate of drug-likeness (QED) is 0.874. The van der Waals surface area contributed by atoms with E-state index in [1.54, 1.807) is 11.3 Å². The van der Waals surface area contributed by atoms with Crippen molar-refractivity contribution in [3.05, 3.63) is 16.1 Å². The fourth-order valence-electron chi connectivity index (χ4n) is 2.04. The van der Waals surface area contributed by atoms with Gasteiger partial charge in [0.1, 0.15) is 5.01 Å². The number of aromatic nitrogens is 1. The van der Waals surface area contributed by atoms with Crippen LogP contribution in [0, 0.1) is 0 Å². The first-order valence-corrected chi connectivity index (χ1v) is 6.74. The molecule has 1 aromatic rings. The van der Waals surface area contributed by atoms with Gasteiger partial charge in [-0.25, -0.2) is 4.98 Å². The highest BCUT2D eigenvalue weighted by molar-refractivity contribution is 7.09. The Balaban J connectivity index is 2.14. The Bertz CT molecular complexity index is 359. The second-order valence-corrected chi connectivity index (χ2v) is 6.06. The summed E-state index contributed by atoms with van der Waals surface area (Å²) < 4.78 is 0. The molecule has 2 rings (SSSR count). The average molecular weight is 239 g/mol. The standard InChI is InChI=1S/C12H21N3S/c1-12(2,13-3)11-14-10(8-16-11)9-5-6-15(4)7-9/h8-9,13H,5-7H2,1-4H3. The molecular weight excluding hydrogens is 218 g/mol. The largest absolute Gasteiger partial charge is 0.309 e. The Morgan fingerprint density at radius 2 is 2.31 bits per heavy atom. The Morgan fingerprint density at radius 1 is 1.56 bits per heavy atom. The van der Waals surface area contributed by atoms with Crippen molar-refractivity contribution < 1.29 is 0 Å². The summed E-state index contributed by atoms with van der Waals surface area (Å²) in [5, 5.41) is 6.74. The van der Waals surface area contributed by atoms with Crippen molar-refractivity contribution in [2.45, 2.75) is 31.7 Å². The van der Waals surface area contributed by atoms with Gasteiger partial charge < -0.3 is 10.2 Å². The van der Waals surface area contributed by atoms with Crippen molar-refractivity contribution in [1.82, 2.24) is 15.2 Å². The van der Waals surface area contributed by atoms with E-state index in [9.17, 15) is 0 Å². The van der Waals surface area contributed by atoms with E-state index in [4.69, 9.17) is 4.98 Å². The first-order chi connectivity index (χ1) is 7.53. The summed E-state index contributed by atoms with van der Waals surface area (Å²) in [6.45, 7) is 6.71. The van der Waals surface area contributed by atoms with Crippen LogP contribution < -0.4 is 5.32 Å². The second kappa shape index (κ2) is 4.43. The minimum Gasteiger partial charge on any atom is -0.309 e. The molecule has 0 aromatic carbocycles. The lowest BCUT2D eigenvalue weighted by atomic mass is 10.1. The van der Waals surface area contributed by atoms with Gasteiger partial charge >= 0.3 is 0 Å².